The number of ketones is 1. The van der Waals surface area contributed by atoms with Crippen molar-refractivity contribution in [2.45, 2.75) is 45.8 Å². The van der Waals surface area contributed by atoms with Gasteiger partial charge in [0, 0.05) is 42.2 Å². The first-order valence-electron chi connectivity index (χ1n) is 13.4. The molecule has 1 N–H and O–H groups in total. The Hall–Kier alpha value is -3.19. The van der Waals surface area contributed by atoms with E-state index >= 15 is 0 Å². The van der Waals surface area contributed by atoms with Crippen LogP contribution in [0.4, 0.5) is 0 Å². The summed E-state index contributed by atoms with van der Waals surface area (Å²) in [6, 6.07) is 14.4. The second-order valence-corrected chi connectivity index (χ2v) is 10.9. The molecule has 0 bridgehead atoms. The average Bonchev–Trinajstić information content (AvgIpc) is 3.34. The van der Waals surface area contributed by atoms with E-state index in [0.717, 1.165) is 54.6 Å². The van der Waals surface area contributed by atoms with Crippen molar-refractivity contribution in [3.05, 3.63) is 87.3 Å². The Labute approximate surface area is 239 Å². The van der Waals surface area contributed by atoms with Gasteiger partial charge >= 0.3 is 0 Å². The number of fused-ring (bicyclic) bond motifs is 1. The molecule has 6 nitrogen and oxygen atoms in total. The van der Waals surface area contributed by atoms with Gasteiger partial charge in [0.1, 0.15) is 17.6 Å². The summed E-state index contributed by atoms with van der Waals surface area (Å²) in [5, 5.41) is 9.49. The number of pyridine rings is 1. The summed E-state index contributed by atoms with van der Waals surface area (Å²) in [6.45, 7) is 6.75. The number of rotatable bonds is 9. The van der Waals surface area contributed by atoms with Gasteiger partial charge in [-0.1, -0.05) is 60.5 Å². The minimum atomic E-state index is -0.347. The van der Waals surface area contributed by atoms with Crippen LogP contribution in [0.5, 0.6) is 5.75 Å². The number of halogens is 2. The van der Waals surface area contributed by atoms with Gasteiger partial charge in [-0.15, -0.1) is 0 Å². The molecule has 0 amide bonds. The first kappa shape index (κ1) is 27.4. The maximum Gasteiger partial charge on any atom is 0.135 e. The summed E-state index contributed by atoms with van der Waals surface area (Å²) in [7, 11) is 0. The van der Waals surface area contributed by atoms with Gasteiger partial charge in [-0.3, -0.25) is 19.8 Å². The Morgan fingerprint density at radius 2 is 1.82 bits per heavy atom. The molecule has 5 rings (SSSR count). The van der Waals surface area contributed by atoms with E-state index in [4.69, 9.17) is 27.9 Å². The van der Waals surface area contributed by atoms with Gasteiger partial charge in [-0.25, -0.2) is 0 Å². The Morgan fingerprint density at radius 1 is 1.10 bits per heavy atom. The Balaban J connectivity index is 1.23. The summed E-state index contributed by atoms with van der Waals surface area (Å²) < 4.78 is 6.17. The Bertz CT molecular complexity index is 1450. The molecule has 0 spiro atoms. The molecule has 1 unspecified atom stereocenters. The number of Topliss-reactive ketones (excluding diaryl/α,β-unsaturated/α-hetero) is 1. The lowest BCUT2D eigenvalue weighted by atomic mass is 9.91. The third-order valence-corrected chi connectivity index (χ3v) is 7.99. The average molecular weight is 564 g/mol. The molecule has 8 heteroatoms. The normalized spacial score (nSPS) is 15.7. The number of carbonyl (C=O) groups excluding carboxylic acids is 1. The van der Waals surface area contributed by atoms with Crippen molar-refractivity contribution in [1.29, 1.82) is 0 Å². The number of H-pyrrole nitrogens is 1. The predicted octanol–water partition coefficient (Wildman–Crippen LogP) is 7.77. The molecule has 1 aliphatic rings. The van der Waals surface area contributed by atoms with Crippen molar-refractivity contribution in [2.24, 2.45) is 5.92 Å². The van der Waals surface area contributed by atoms with Crippen LogP contribution in [0.3, 0.4) is 0 Å². The first-order chi connectivity index (χ1) is 18.9. The molecular formula is C31H32Cl2N4O2. The van der Waals surface area contributed by atoms with Crippen LogP contribution >= 0.6 is 23.2 Å². The van der Waals surface area contributed by atoms with Gasteiger partial charge in [0.25, 0.3) is 0 Å². The van der Waals surface area contributed by atoms with Gasteiger partial charge in [0.15, 0.2) is 0 Å². The van der Waals surface area contributed by atoms with Crippen molar-refractivity contribution in [2.75, 3.05) is 13.1 Å². The van der Waals surface area contributed by atoms with Gasteiger partial charge < -0.3 is 4.74 Å². The summed E-state index contributed by atoms with van der Waals surface area (Å²) in [6.07, 6.45) is 9.46. The zero-order chi connectivity index (χ0) is 27.4. The lowest BCUT2D eigenvalue weighted by molar-refractivity contribution is -0.124. The van der Waals surface area contributed by atoms with Crippen molar-refractivity contribution in [3.8, 4) is 5.75 Å². The molecule has 4 aromatic rings. The fourth-order valence-corrected chi connectivity index (χ4v) is 5.83. The molecule has 1 fully saturated rings. The standard InChI is InChI=1S/C31H32Cl2N4O2/c1-3-30(38)23-12-14-37(15-13-23)19-22-6-4-21(5-7-22)8-10-28-25-16-24(9-11-29(25)36-35-28)39-20(2)31-26(32)17-34-18-27(31)33/h4-11,16-18,20,23H,3,12-15,19H2,1-2H3,(H,35,36)/b10-8+. The van der Waals surface area contributed by atoms with Crippen LogP contribution in [0.15, 0.2) is 54.9 Å². The summed E-state index contributed by atoms with van der Waals surface area (Å²) in [4.78, 5) is 18.4. The van der Waals surface area contributed by atoms with E-state index in [1.807, 2.05) is 38.1 Å². The summed E-state index contributed by atoms with van der Waals surface area (Å²) >= 11 is 12.6. The van der Waals surface area contributed by atoms with Crippen molar-refractivity contribution < 1.29 is 9.53 Å². The second-order valence-electron chi connectivity index (χ2n) is 10.0. The number of piperidine rings is 1. The topological polar surface area (TPSA) is 71.1 Å². The van der Waals surface area contributed by atoms with E-state index in [1.54, 1.807) is 12.4 Å². The monoisotopic (exact) mass is 562 g/mol. The molecule has 0 aliphatic carbocycles. The van der Waals surface area contributed by atoms with Crippen LogP contribution in [-0.2, 0) is 11.3 Å². The number of hydrogen-bond acceptors (Lipinski definition) is 5. The number of aromatic amines is 1. The summed E-state index contributed by atoms with van der Waals surface area (Å²) in [5.41, 5.74) is 4.85. The lowest BCUT2D eigenvalue weighted by Gasteiger charge is -2.31. The molecule has 1 atom stereocenters. The largest absolute Gasteiger partial charge is 0.486 e. The molecule has 0 radical (unpaired) electrons. The van der Waals surface area contributed by atoms with Crippen LogP contribution < -0.4 is 4.74 Å². The minimum Gasteiger partial charge on any atom is -0.486 e. The van der Waals surface area contributed by atoms with Gasteiger partial charge in [-0.05, 0) is 68.3 Å². The zero-order valence-electron chi connectivity index (χ0n) is 22.2. The maximum absolute atomic E-state index is 12.0. The van der Waals surface area contributed by atoms with E-state index in [2.05, 4.69) is 50.4 Å². The number of likely N-dealkylation sites (tertiary alicyclic amines) is 1. The predicted molar refractivity (Wildman–Crippen MR) is 158 cm³/mol. The molecule has 0 saturated carbocycles. The van der Waals surface area contributed by atoms with Crippen LogP contribution in [0, 0.1) is 5.92 Å². The molecule has 2 aromatic heterocycles. The van der Waals surface area contributed by atoms with Gasteiger partial charge in [0.05, 0.1) is 21.3 Å². The Kier molecular flexibility index (Phi) is 8.66. The van der Waals surface area contributed by atoms with E-state index in [1.165, 1.54) is 5.56 Å². The molecule has 1 saturated heterocycles. The number of aromatic nitrogens is 3. The van der Waals surface area contributed by atoms with Crippen LogP contribution in [0.25, 0.3) is 23.1 Å². The lowest BCUT2D eigenvalue weighted by Crippen LogP contribution is -2.35. The minimum absolute atomic E-state index is 0.251. The highest BCUT2D eigenvalue weighted by molar-refractivity contribution is 6.35. The number of nitrogens with zero attached hydrogens (tertiary/aromatic N) is 3. The van der Waals surface area contributed by atoms with Crippen LogP contribution in [0.1, 0.15) is 61.6 Å². The third-order valence-electron chi connectivity index (χ3n) is 7.38. The van der Waals surface area contributed by atoms with E-state index in [-0.39, 0.29) is 12.0 Å². The molecule has 2 aromatic carbocycles. The van der Waals surface area contributed by atoms with E-state index < -0.39 is 0 Å². The van der Waals surface area contributed by atoms with Crippen molar-refractivity contribution in [3.63, 3.8) is 0 Å². The SMILES string of the molecule is CCC(=O)C1CCN(Cc2ccc(/C=C/c3n[nH]c4ccc(OC(C)c5c(Cl)cncc5Cl)cc34)cc2)CC1. The van der Waals surface area contributed by atoms with E-state index in [9.17, 15) is 4.79 Å². The summed E-state index contributed by atoms with van der Waals surface area (Å²) in [5.74, 6) is 1.36. The number of ether oxygens (including phenoxy) is 1. The fourth-order valence-electron chi connectivity index (χ4n) is 5.16. The molecule has 202 valence electrons. The number of hydrogen-bond donors (Lipinski definition) is 1. The van der Waals surface area contributed by atoms with Crippen molar-refractivity contribution in [1.82, 2.24) is 20.1 Å². The highest BCUT2D eigenvalue weighted by Gasteiger charge is 2.23. The highest BCUT2D eigenvalue weighted by atomic mass is 35.5. The molecule has 39 heavy (non-hydrogen) atoms. The van der Waals surface area contributed by atoms with Crippen LogP contribution in [0.2, 0.25) is 10.0 Å². The number of carbonyl (C=O) groups is 1. The number of benzene rings is 2. The smallest absolute Gasteiger partial charge is 0.135 e. The molecule has 1 aliphatic heterocycles. The molecule has 3 heterocycles. The zero-order valence-corrected chi connectivity index (χ0v) is 23.7. The third kappa shape index (κ3) is 6.52. The number of nitrogens with one attached hydrogen (secondary N) is 1. The second kappa shape index (κ2) is 12.3. The van der Waals surface area contributed by atoms with Crippen LogP contribution in [-0.4, -0.2) is 39.0 Å². The van der Waals surface area contributed by atoms with Gasteiger partial charge in [0.2, 0.25) is 0 Å². The fraction of sp³-hybridized carbons (Fsp3) is 0.323. The maximum atomic E-state index is 12.0. The van der Waals surface area contributed by atoms with Gasteiger partial charge in [-0.2, -0.15) is 5.10 Å². The first-order valence-corrected chi connectivity index (χ1v) is 14.1. The molecular weight excluding hydrogens is 531 g/mol. The quantitative estimate of drug-likeness (QED) is 0.225. The Morgan fingerprint density at radius 3 is 2.51 bits per heavy atom. The van der Waals surface area contributed by atoms with E-state index in [0.29, 0.717) is 33.6 Å². The highest BCUT2D eigenvalue weighted by Crippen LogP contribution is 2.33. The van der Waals surface area contributed by atoms with Crippen molar-refractivity contribution >= 4 is 52.0 Å².